The molecule has 0 spiro atoms. The van der Waals surface area contributed by atoms with Gasteiger partial charge in [0, 0.05) is 11.8 Å². The van der Waals surface area contributed by atoms with Gasteiger partial charge in [0.25, 0.3) is 5.78 Å². The van der Waals surface area contributed by atoms with Gasteiger partial charge in [0.05, 0.1) is 39.5 Å². The molecule has 1 aliphatic rings. The van der Waals surface area contributed by atoms with Crippen LogP contribution in [-0.2, 0) is 9.59 Å². The van der Waals surface area contributed by atoms with Crippen LogP contribution in [0.4, 0.5) is 5.95 Å². The number of Topliss-reactive ketones (excluding diaryl/α,β-unsaturated/α-hetero) is 1. The summed E-state index contributed by atoms with van der Waals surface area (Å²) in [6.45, 7) is 1.94. The van der Waals surface area contributed by atoms with E-state index < -0.39 is 23.5 Å². The first-order valence-electron chi connectivity index (χ1n) is 10.5. The first-order valence-corrected chi connectivity index (χ1v) is 11.3. The number of H-pyrrole nitrogens is 1. The van der Waals surface area contributed by atoms with Crippen molar-refractivity contribution >= 4 is 57.6 Å². The summed E-state index contributed by atoms with van der Waals surface area (Å²) in [5.41, 5.74) is 2.69. The number of aromatic amines is 1. The number of halogens is 2. The van der Waals surface area contributed by atoms with Gasteiger partial charge in [-0.2, -0.15) is 0 Å². The third-order valence-electron chi connectivity index (χ3n) is 5.74. The molecule has 8 nitrogen and oxygen atoms in total. The zero-order valence-corrected chi connectivity index (χ0v) is 20.1. The lowest BCUT2D eigenvalue weighted by atomic mass is 9.98. The van der Waals surface area contributed by atoms with Crippen molar-refractivity contribution in [2.45, 2.75) is 13.0 Å². The second kappa shape index (κ2) is 8.72. The van der Waals surface area contributed by atoms with Gasteiger partial charge >= 0.3 is 5.91 Å². The number of anilines is 1. The normalized spacial score (nSPS) is 17.4. The molecule has 0 bridgehead atoms. The average Bonchev–Trinajstić information content (AvgIpc) is 3.36. The van der Waals surface area contributed by atoms with Crippen LogP contribution in [-0.4, -0.2) is 38.9 Å². The topological polar surface area (TPSA) is 108 Å². The molecule has 2 aromatic carbocycles. The fourth-order valence-electron chi connectivity index (χ4n) is 4.14. The molecule has 176 valence electrons. The number of nitrogens with one attached hydrogen (secondary N) is 1. The number of carbonyl (C=O) groups excluding carboxylic acids is 2. The van der Waals surface area contributed by atoms with E-state index in [-0.39, 0.29) is 32.9 Å². The van der Waals surface area contributed by atoms with Gasteiger partial charge in [-0.25, -0.2) is 4.98 Å². The summed E-state index contributed by atoms with van der Waals surface area (Å²) in [7, 11) is 1.41. The van der Waals surface area contributed by atoms with Crippen LogP contribution >= 0.6 is 23.2 Å². The third kappa shape index (κ3) is 3.80. The lowest BCUT2D eigenvalue weighted by molar-refractivity contribution is -0.132. The van der Waals surface area contributed by atoms with E-state index in [0.29, 0.717) is 16.7 Å². The highest BCUT2D eigenvalue weighted by atomic mass is 35.5. The van der Waals surface area contributed by atoms with E-state index in [1.165, 1.54) is 24.1 Å². The van der Waals surface area contributed by atoms with Crippen molar-refractivity contribution in [3.8, 4) is 5.75 Å². The van der Waals surface area contributed by atoms with Crippen LogP contribution in [0, 0.1) is 6.92 Å². The number of methoxy groups -OCH3 is 1. The summed E-state index contributed by atoms with van der Waals surface area (Å²) >= 11 is 12.5. The summed E-state index contributed by atoms with van der Waals surface area (Å²) in [5, 5.41) is 11.5. The number of hydrogen-bond donors (Lipinski definition) is 2. The summed E-state index contributed by atoms with van der Waals surface area (Å²) in [6, 6.07) is 12.5. The van der Waals surface area contributed by atoms with E-state index in [1.807, 2.05) is 25.1 Å². The van der Waals surface area contributed by atoms with Crippen molar-refractivity contribution in [1.82, 2.24) is 15.0 Å². The molecule has 1 aliphatic heterocycles. The first kappa shape index (κ1) is 22.9. The smallest absolute Gasteiger partial charge is 0.302 e. The summed E-state index contributed by atoms with van der Waals surface area (Å²) in [5.74, 6) is -1.81. The van der Waals surface area contributed by atoms with Crippen LogP contribution in [0.2, 0.25) is 10.0 Å². The van der Waals surface area contributed by atoms with Gasteiger partial charge in [-0.05, 0) is 48.9 Å². The molecule has 1 unspecified atom stereocenters. The summed E-state index contributed by atoms with van der Waals surface area (Å²) < 4.78 is 5.16. The van der Waals surface area contributed by atoms with Crippen LogP contribution in [0.1, 0.15) is 22.9 Å². The van der Waals surface area contributed by atoms with Crippen molar-refractivity contribution in [2.24, 2.45) is 0 Å². The summed E-state index contributed by atoms with van der Waals surface area (Å²) in [4.78, 5) is 39.8. The molecule has 10 heteroatoms. The van der Waals surface area contributed by atoms with Crippen molar-refractivity contribution in [3.63, 3.8) is 0 Å². The largest absolute Gasteiger partial charge is 0.507 e. The van der Waals surface area contributed by atoms with Crippen LogP contribution in [0.3, 0.4) is 0 Å². The number of rotatable bonds is 4. The van der Waals surface area contributed by atoms with Gasteiger partial charge in [-0.3, -0.25) is 19.5 Å². The molecule has 1 saturated heterocycles. The zero-order chi connectivity index (χ0) is 24.9. The predicted octanol–water partition coefficient (Wildman–Crippen LogP) is 5.21. The van der Waals surface area contributed by atoms with E-state index >= 15 is 0 Å². The maximum atomic E-state index is 13.3. The molecular formula is C25H18Cl2N4O4. The quantitative estimate of drug-likeness (QED) is 0.222. The van der Waals surface area contributed by atoms with Gasteiger partial charge in [0.15, 0.2) is 5.75 Å². The SMILES string of the molecule is COc1c(Cl)cc(/C(O)=C2\C(=O)C(=O)N(c3nc4ccc(C)cc4[nH]3)C2c2ccccn2)cc1Cl. The molecule has 3 heterocycles. The van der Waals surface area contributed by atoms with E-state index in [1.54, 1.807) is 24.4 Å². The standard InChI is InChI=1S/C25H18Cl2N4O4/c1-12-6-7-16-18(9-12)30-25(29-16)31-20(17-5-3-4-8-28-17)19(22(33)24(31)34)21(32)13-10-14(26)23(35-2)15(27)11-13/h3-11,20,32H,1-2H3,(H,29,30)/b21-19+. The Morgan fingerprint density at radius 1 is 1.11 bits per heavy atom. The Labute approximate surface area is 209 Å². The number of carbonyl (C=O) groups is 2. The number of pyridine rings is 1. The molecule has 2 N–H and O–H groups in total. The number of aliphatic hydroxyl groups is 1. The van der Waals surface area contributed by atoms with Crippen LogP contribution in [0.25, 0.3) is 16.8 Å². The monoisotopic (exact) mass is 508 g/mol. The van der Waals surface area contributed by atoms with Gasteiger partial charge < -0.3 is 14.8 Å². The lowest BCUT2D eigenvalue weighted by Crippen LogP contribution is -2.30. The van der Waals surface area contributed by atoms with Crippen LogP contribution < -0.4 is 9.64 Å². The molecule has 2 aromatic heterocycles. The van der Waals surface area contributed by atoms with E-state index in [0.717, 1.165) is 5.56 Å². The Morgan fingerprint density at radius 2 is 1.86 bits per heavy atom. The lowest BCUT2D eigenvalue weighted by Gasteiger charge is -2.22. The van der Waals surface area contributed by atoms with Gasteiger partial charge in [0.2, 0.25) is 5.95 Å². The Bertz CT molecular complexity index is 1510. The first-order chi connectivity index (χ1) is 16.8. The Hall–Kier alpha value is -3.88. The minimum absolute atomic E-state index is 0.137. The third-order valence-corrected chi connectivity index (χ3v) is 6.30. The number of amides is 1. The molecule has 0 saturated carbocycles. The Kier molecular flexibility index (Phi) is 5.70. The number of fused-ring (bicyclic) bond motifs is 1. The minimum atomic E-state index is -1.04. The number of imidazole rings is 1. The number of aliphatic hydroxyl groups excluding tert-OH is 1. The molecule has 5 rings (SSSR count). The molecule has 1 fully saturated rings. The molecule has 35 heavy (non-hydrogen) atoms. The summed E-state index contributed by atoms with van der Waals surface area (Å²) in [6.07, 6.45) is 1.54. The van der Waals surface area contributed by atoms with Gasteiger partial charge in [0.1, 0.15) is 11.8 Å². The number of aromatic nitrogens is 3. The zero-order valence-electron chi connectivity index (χ0n) is 18.5. The van der Waals surface area contributed by atoms with E-state index in [4.69, 9.17) is 27.9 Å². The van der Waals surface area contributed by atoms with Crippen molar-refractivity contribution in [1.29, 1.82) is 0 Å². The Morgan fingerprint density at radius 3 is 2.51 bits per heavy atom. The number of hydrogen-bond acceptors (Lipinski definition) is 6. The second-order valence-electron chi connectivity index (χ2n) is 7.98. The van der Waals surface area contributed by atoms with Crippen molar-refractivity contribution in [2.75, 3.05) is 12.0 Å². The minimum Gasteiger partial charge on any atom is -0.507 e. The molecule has 1 atom stereocenters. The second-order valence-corrected chi connectivity index (χ2v) is 8.79. The predicted molar refractivity (Wildman–Crippen MR) is 133 cm³/mol. The van der Waals surface area contributed by atoms with Crippen molar-refractivity contribution in [3.05, 3.63) is 87.2 Å². The molecule has 4 aromatic rings. The maximum Gasteiger partial charge on any atom is 0.302 e. The number of aryl methyl sites for hydroxylation is 1. The highest BCUT2D eigenvalue weighted by Gasteiger charge is 2.49. The number of ketones is 1. The molecular weight excluding hydrogens is 491 g/mol. The van der Waals surface area contributed by atoms with Gasteiger partial charge in [-0.15, -0.1) is 0 Å². The Balaban J connectivity index is 1.73. The van der Waals surface area contributed by atoms with E-state index in [2.05, 4.69) is 15.0 Å². The molecule has 0 radical (unpaired) electrons. The number of nitrogens with zero attached hydrogens (tertiary/aromatic N) is 3. The fraction of sp³-hybridized carbons (Fsp3) is 0.120. The highest BCUT2D eigenvalue weighted by Crippen LogP contribution is 2.43. The maximum absolute atomic E-state index is 13.3. The van der Waals surface area contributed by atoms with Crippen molar-refractivity contribution < 1.29 is 19.4 Å². The number of benzene rings is 2. The molecule has 1 amide bonds. The number of ether oxygens (including phenoxy) is 1. The van der Waals surface area contributed by atoms with Crippen LogP contribution in [0.15, 0.2) is 60.3 Å². The van der Waals surface area contributed by atoms with Crippen LogP contribution in [0.5, 0.6) is 5.75 Å². The highest BCUT2D eigenvalue weighted by molar-refractivity contribution is 6.51. The van der Waals surface area contributed by atoms with Gasteiger partial charge in [-0.1, -0.05) is 35.3 Å². The molecule has 0 aliphatic carbocycles. The van der Waals surface area contributed by atoms with E-state index in [9.17, 15) is 14.7 Å². The average molecular weight is 509 g/mol. The fourth-order valence-corrected chi connectivity index (χ4v) is 4.78.